The number of aliphatic imine (C=N–C) groups is 1. The Bertz CT molecular complexity index is 777. The number of rotatable bonds is 9. The third-order valence-corrected chi connectivity index (χ3v) is 4.03. The zero-order valence-electron chi connectivity index (χ0n) is 15.9. The number of hydrogen-bond acceptors (Lipinski definition) is 5. The van der Waals surface area contributed by atoms with E-state index in [2.05, 4.69) is 26.8 Å². The standard InChI is InChI=1S/C19H27N7O/c1-22-19(24-12-7-13-27-2)23-11-6-10-17-16(14-20)18(21)26(25-17)15-8-4-3-5-9-15/h3-5,8-9H,6-7,10-13,21H2,1-2H3,(H2,22,23,24). The molecule has 2 aromatic rings. The van der Waals surface area contributed by atoms with Gasteiger partial charge in [0.25, 0.3) is 0 Å². The van der Waals surface area contributed by atoms with E-state index in [0.717, 1.165) is 31.0 Å². The lowest BCUT2D eigenvalue weighted by molar-refractivity contribution is 0.195. The van der Waals surface area contributed by atoms with Crippen LogP contribution < -0.4 is 16.4 Å². The lowest BCUT2D eigenvalue weighted by Crippen LogP contribution is -2.38. The van der Waals surface area contributed by atoms with Crippen molar-refractivity contribution in [2.24, 2.45) is 4.99 Å². The smallest absolute Gasteiger partial charge is 0.190 e. The fraction of sp³-hybridized carbons (Fsp3) is 0.421. The van der Waals surface area contributed by atoms with Gasteiger partial charge in [-0.05, 0) is 31.4 Å². The maximum absolute atomic E-state index is 9.44. The van der Waals surface area contributed by atoms with Gasteiger partial charge in [-0.25, -0.2) is 4.68 Å². The molecule has 144 valence electrons. The first-order valence-corrected chi connectivity index (χ1v) is 8.97. The van der Waals surface area contributed by atoms with Crippen molar-refractivity contribution >= 4 is 11.8 Å². The predicted molar refractivity (Wildman–Crippen MR) is 107 cm³/mol. The second-order valence-corrected chi connectivity index (χ2v) is 5.94. The molecule has 1 heterocycles. The quantitative estimate of drug-likeness (QED) is 0.350. The van der Waals surface area contributed by atoms with E-state index in [1.54, 1.807) is 18.8 Å². The first-order chi connectivity index (χ1) is 13.2. The van der Waals surface area contributed by atoms with Crippen molar-refractivity contribution in [3.63, 3.8) is 0 Å². The zero-order chi connectivity index (χ0) is 19.5. The highest BCUT2D eigenvalue weighted by Crippen LogP contribution is 2.21. The Labute approximate surface area is 160 Å². The van der Waals surface area contributed by atoms with Crippen LogP contribution in [-0.4, -0.2) is 49.6 Å². The Morgan fingerprint density at radius 2 is 1.96 bits per heavy atom. The monoisotopic (exact) mass is 369 g/mol. The minimum atomic E-state index is 0.377. The number of nitrogens with one attached hydrogen (secondary N) is 2. The number of para-hydroxylation sites is 1. The topological polar surface area (TPSA) is 113 Å². The summed E-state index contributed by atoms with van der Waals surface area (Å²) < 4.78 is 6.65. The first-order valence-electron chi connectivity index (χ1n) is 8.97. The van der Waals surface area contributed by atoms with Crippen LogP contribution in [0.5, 0.6) is 0 Å². The molecule has 0 saturated carbocycles. The van der Waals surface area contributed by atoms with E-state index in [1.807, 2.05) is 30.3 Å². The molecule has 0 aliphatic heterocycles. The van der Waals surface area contributed by atoms with E-state index in [-0.39, 0.29) is 0 Å². The number of nitrogen functional groups attached to an aromatic ring is 1. The van der Waals surface area contributed by atoms with Crippen LogP contribution in [0.25, 0.3) is 5.69 Å². The van der Waals surface area contributed by atoms with Crippen molar-refractivity contribution in [3.8, 4) is 11.8 Å². The number of hydrogen-bond donors (Lipinski definition) is 3. The second-order valence-electron chi connectivity index (χ2n) is 5.94. The van der Waals surface area contributed by atoms with Gasteiger partial charge in [-0.15, -0.1) is 0 Å². The molecule has 0 atom stereocenters. The van der Waals surface area contributed by atoms with Gasteiger partial charge in [-0.3, -0.25) is 4.99 Å². The Balaban J connectivity index is 1.90. The molecule has 8 nitrogen and oxygen atoms in total. The molecule has 0 aliphatic rings. The average molecular weight is 369 g/mol. The van der Waals surface area contributed by atoms with E-state index in [4.69, 9.17) is 10.5 Å². The highest BCUT2D eigenvalue weighted by Gasteiger charge is 2.16. The molecule has 8 heteroatoms. The molecule has 0 saturated heterocycles. The number of aromatic nitrogens is 2. The summed E-state index contributed by atoms with van der Waals surface area (Å²) in [6.45, 7) is 2.23. The van der Waals surface area contributed by atoms with Crippen molar-refractivity contribution in [2.75, 3.05) is 39.6 Å². The van der Waals surface area contributed by atoms with Gasteiger partial charge in [0.2, 0.25) is 0 Å². The summed E-state index contributed by atoms with van der Waals surface area (Å²) in [6, 6.07) is 11.8. The predicted octanol–water partition coefficient (Wildman–Crippen LogP) is 1.46. The number of nitrogens with zero attached hydrogens (tertiary/aromatic N) is 4. The van der Waals surface area contributed by atoms with Gasteiger partial charge < -0.3 is 21.1 Å². The van der Waals surface area contributed by atoms with Crippen LogP contribution in [0.1, 0.15) is 24.1 Å². The van der Waals surface area contributed by atoms with Crippen LogP contribution in [-0.2, 0) is 11.2 Å². The third-order valence-electron chi connectivity index (χ3n) is 4.03. The van der Waals surface area contributed by atoms with Crippen molar-refractivity contribution in [1.82, 2.24) is 20.4 Å². The van der Waals surface area contributed by atoms with E-state index in [1.165, 1.54) is 0 Å². The van der Waals surface area contributed by atoms with Crippen LogP contribution in [0.15, 0.2) is 35.3 Å². The van der Waals surface area contributed by atoms with E-state index < -0.39 is 0 Å². The largest absolute Gasteiger partial charge is 0.385 e. The Hall–Kier alpha value is -3.05. The molecular formula is C19H27N7O. The van der Waals surface area contributed by atoms with Gasteiger partial charge in [-0.1, -0.05) is 18.2 Å². The maximum atomic E-state index is 9.44. The Kier molecular flexibility index (Phi) is 8.13. The number of guanidine groups is 1. The molecular weight excluding hydrogens is 342 g/mol. The van der Waals surface area contributed by atoms with Crippen molar-refractivity contribution < 1.29 is 4.74 Å². The third kappa shape index (κ3) is 5.72. The van der Waals surface area contributed by atoms with Crippen molar-refractivity contribution in [3.05, 3.63) is 41.6 Å². The summed E-state index contributed by atoms with van der Waals surface area (Å²) in [5.41, 5.74) is 8.12. The van der Waals surface area contributed by atoms with Crippen LogP contribution >= 0.6 is 0 Å². The summed E-state index contributed by atoms with van der Waals surface area (Å²) in [7, 11) is 3.43. The summed E-state index contributed by atoms with van der Waals surface area (Å²) in [6.07, 6.45) is 2.37. The Morgan fingerprint density at radius 3 is 2.59 bits per heavy atom. The van der Waals surface area contributed by atoms with E-state index in [9.17, 15) is 5.26 Å². The van der Waals surface area contributed by atoms with Crippen LogP contribution in [0.2, 0.25) is 0 Å². The first kappa shape index (κ1) is 20.3. The SMILES string of the molecule is CN=C(NCCCOC)NCCCc1nn(-c2ccccc2)c(N)c1C#N. The fourth-order valence-electron chi connectivity index (χ4n) is 2.65. The highest BCUT2D eigenvalue weighted by atomic mass is 16.5. The minimum Gasteiger partial charge on any atom is -0.385 e. The van der Waals surface area contributed by atoms with Gasteiger partial charge in [0, 0.05) is 33.9 Å². The molecule has 1 aromatic carbocycles. The Morgan fingerprint density at radius 1 is 1.26 bits per heavy atom. The summed E-state index contributed by atoms with van der Waals surface area (Å²) >= 11 is 0. The van der Waals surface area contributed by atoms with E-state index >= 15 is 0 Å². The van der Waals surface area contributed by atoms with Crippen LogP contribution in [0, 0.1) is 11.3 Å². The van der Waals surface area contributed by atoms with Crippen LogP contribution in [0.3, 0.4) is 0 Å². The van der Waals surface area contributed by atoms with Gasteiger partial charge in [0.1, 0.15) is 17.5 Å². The number of benzene rings is 1. The van der Waals surface area contributed by atoms with Gasteiger partial charge in [0.15, 0.2) is 5.96 Å². The molecule has 0 bridgehead atoms. The fourth-order valence-corrected chi connectivity index (χ4v) is 2.65. The molecule has 4 N–H and O–H groups in total. The number of methoxy groups -OCH3 is 1. The van der Waals surface area contributed by atoms with Gasteiger partial charge in [0.05, 0.1) is 11.4 Å². The van der Waals surface area contributed by atoms with Gasteiger partial charge >= 0.3 is 0 Å². The average Bonchev–Trinajstić information content (AvgIpc) is 3.02. The molecule has 2 rings (SSSR count). The van der Waals surface area contributed by atoms with Crippen LogP contribution in [0.4, 0.5) is 5.82 Å². The normalized spacial score (nSPS) is 11.2. The van der Waals surface area contributed by atoms with E-state index in [0.29, 0.717) is 36.6 Å². The molecule has 0 unspecified atom stereocenters. The lowest BCUT2D eigenvalue weighted by atomic mass is 10.1. The number of anilines is 1. The molecule has 0 fully saturated rings. The highest BCUT2D eigenvalue weighted by molar-refractivity contribution is 5.79. The summed E-state index contributed by atoms with van der Waals surface area (Å²) in [5, 5.41) is 20.5. The molecule has 1 aromatic heterocycles. The van der Waals surface area contributed by atoms with Crippen molar-refractivity contribution in [1.29, 1.82) is 5.26 Å². The molecule has 0 radical (unpaired) electrons. The minimum absolute atomic E-state index is 0.377. The summed E-state index contributed by atoms with van der Waals surface area (Å²) in [5.74, 6) is 1.13. The zero-order valence-corrected chi connectivity index (χ0v) is 15.9. The maximum Gasteiger partial charge on any atom is 0.190 e. The second kappa shape index (κ2) is 10.8. The summed E-state index contributed by atoms with van der Waals surface area (Å²) in [4.78, 5) is 4.18. The molecule has 0 spiro atoms. The number of nitriles is 1. The van der Waals surface area contributed by atoms with Gasteiger partial charge in [-0.2, -0.15) is 10.4 Å². The molecule has 0 aliphatic carbocycles. The molecule has 0 amide bonds. The number of nitrogens with two attached hydrogens (primary N) is 1. The number of aryl methyl sites for hydroxylation is 1. The van der Waals surface area contributed by atoms with Crippen molar-refractivity contribution in [2.45, 2.75) is 19.3 Å². The lowest BCUT2D eigenvalue weighted by Gasteiger charge is -2.11. The molecule has 27 heavy (non-hydrogen) atoms. The number of ether oxygens (including phenoxy) is 1.